The molecule has 4 nitrogen and oxygen atoms in total. The van der Waals surface area contributed by atoms with E-state index < -0.39 is 0 Å². The molecule has 0 unspecified atom stereocenters. The molecule has 0 saturated carbocycles. The molecule has 1 rings (SSSR count). The van der Waals surface area contributed by atoms with Crippen LogP contribution in [0, 0.1) is 11.3 Å². The predicted octanol–water partition coefficient (Wildman–Crippen LogP) is 0.393. The number of hydrogen-bond acceptors (Lipinski definition) is 4. The van der Waals surface area contributed by atoms with Crippen LogP contribution in [0.2, 0.25) is 0 Å². The minimum Gasteiger partial charge on any atom is -0.398 e. The molecule has 74 valence electrons. The fraction of sp³-hybridized carbons (Fsp3) is 0.300. The number of benzene rings is 1. The summed E-state index contributed by atoms with van der Waals surface area (Å²) in [6.45, 7) is -0.0212. The van der Waals surface area contributed by atoms with Crippen molar-refractivity contribution in [2.45, 2.75) is 6.04 Å². The largest absolute Gasteiger partial charge is 0.398 e. The number of nitrogens with two attached hydrogens (primary N) is 1. The van der Waals surface area contributed by atoms with Crippen LogP contribution in [0.1, 0.15) is 17.2 Å². The third kappa shape index (κ3) is 2.02. The van der Waals surface area contributed by atoms with Crippen molar-refractivity contribution in [3.63, 3.8) is 0 Å². The molecule has 0 saturated heterocycles. The number of hydrogen-bond donors (Lipinski definition) is 3. The van der Waals surface area contributed by atoms with Crippen molar-refractivity contribution in [3.8, 4) is 6.07 Å². The molecule has 0 bridgehead atoms. The zero-order valence-electron chi connectivity index (χ0n) is 7.99. The highest BCUT2D eigenvalue weighted by Crippen LogP contribution is 2.20. The lowest BCUT2D eigenvalue weighted by Gasteiger charge is -2.15. The lowest BCUT2D eigenvalue weighted by Crippen LogP contribution is -2.21. The van der Waals surface area contributed by atoms with E-state index in [2.05, 4.69) is 5.32 Å². The molecule has 0 aliphatic carbocycles. The van der Waals surface area contributed by atoms with Gasteiger partial charge in [-0.15, -0.1) is 0 Å². The molecule has 1 aromatic rings. The van der Waals surface area contributed by atoms with Crippen molar-refractivity contribution in [1.82, 2.24) is 5.32 Å². The van der Waals surface area contributed by atoms with Crippen molar-refractivity contribution >= 4 is 5.69 Å². The Morgan fingerprint density at radius 3 is 2.79 bits per heavy atom. The first kappa shape index (κ1) is 10.5. The Hall–Kier alpha value is -1.57. The number of nitrogen functional groups attached to an aromatic ring is 1. The first-order valence-corrected chi connectivity index (χ1v) is 4.30. The van der Waals surface area contributed by atoms with Gasteiger partial charge in [-0.3, -0.25) is 0 Å². The Kier molecular flexibility index (Phi) is 3.46. The van der Waals surface area contributed by atoms with Crippen LogP contribution in [0.5, 0.6) is 0 Å². The second kappa shape index (κ2) is 4.61. The highest BCUT2D eigenvalue weighted by molar-refractivity contribution is 5.53. The SMILES string of the molecule is CN[C@@H](CO)c1ccc(C#N)cc1N. The van der Waals surface area contributed by atoms with Gasteiger partial charge < -0.3 is 16.2 Å². The third-order valence-corrected chi connectivity index (χ3v) is 2.12. The number of rotatable bonds is 3. The maximum Gasteiger partial charge on any atom is 0.0992 e. The van der Waals surface area contributed by atoms with Crippen molar-refractivity contribution in [1.29, 1.82) is 5.26 Å². The summed E-state index contributed by atoms with van der Waals surface area (Å²) >= 11 is 0. The summed E-state index contributed by atoms with van der Waals surface area (Å²) in [6, 6.07) is 6.88. The molecule has 0 aliphatic rings. The van der Waals surface area contributed by atoms with E-state index >= 15 is 0 Å². The quantitative estimate of drug-likeness (QED) is 0.604. The predicted molar refractivity (Wildman–Crippen MR) is 54.5 cm³/mol. The van der Waals surface area contributed by atoms with Crippen LogP contribution in [-0.4, -0.2) is 18.8 Å². The van der Waals surface area contributed by atoms with Crippen LogP contribution in [0.25, 0.3) is 0 Å². The molecule has 1 atom stereocenters. The van der Waals surface area contributed by atoms with Gasteiger partial charge in [-0.2, -0.15) is 5.26 Å². The van der Waals surface area contributed by atoms with Gasteiger partial charge in [-0.1, -0.05) is 6.07 Å². The molecule has 0 spiro atoms. The molecular formula is C10H13N3O. The monoisotopic (exact) mass is 191 g/mol. The van der Waals surface area contributed by atoms with E-state index in [1.165, 1.54) is 0 Å². The average molecular weight is 191 g/mol. The Morgan fingerprint density at radius 2 is 2.36 bits per heavy atom. The van der Waals surface area contributed by atoms with Gasteiger partial charge in [0.25, 0.3) is 0 Å². The van der Waals surface area contributed by atoms with E-state index in [1.54, 1.807) is 25.2 Å². The number of likely N-dealkylation sites (N-methyl/N-ethyl adjacent to an activating group) is 1. The second-order valence-electron chi connectivity index (χ2n) is 2.98. The maximum absolute atomic E-state index is 9.05. The topological polar surface area (TPSA) is 82.1 Å². The van der Waals surface area contributed by atoms with Crippen molar-refractivity contribution < 1.29 is 5.11 Å². The minimum atomic E-state index is -0.178. The summed E-state index contributed by atoms with van der Waals surface area (Å²) in [4.78, 5) is 0. The Labute approximate surface area is 83.0 Å². The third-order valence-electron chi connectivity index (χ3n) is 2.12. The van der Waals surface area contributed by atoms with Crippen LogP contribution in [-0.2, 0) is 0 Å². The number of nitrogens with zero attached hydrogens (tertiary/aromatic N) is 1. The summed E-state index contributed by atoms with van der Waals surface area (Å²) in [5, 5.41) is 20.6. The first-order chi connectivity index (χ1) is 6.72. The van der Waals surface area contributed by atoms with Gasteiger partial charge in [0.2, 0.25) is 0 Å². The van der Waals surface area contributed by atoms with Gasteiger partial charge in [0.1, 0.15) is 0 Å². The Morgan fingerprint density at radius 1 is 1.64 bits per heavy atom. The molecule has 0 amide bonds. The summed E-state index contributed by atoms with van der Waals surface area (Å²) in [7, 11) is 1.75. The lowest BCUT2D eigenvalue weighted by atomic mass is 10.0. The van der Waals surface area contributed by atoms with Gasteiger partial charge in [0.15, 0.2) is 0 Å². The van der Waals surface area contributed by atoms with Gasteiger partial charge in [0.05, 0.1) is 24.3 Å². The normalized spacial score (nSPS) is 12.1. The van der Waals surface area contributed by atoms with E-state index in [0.29, 0.717) is 11.3 Å². The number of aliphatic hydroxyl groups is 1. The van der Waals surface area contributed by atoms with Gasteiger partial charge in [0, 0.05) is 5.69 Å². The number of aliphatic hydroxyl groups excluding tert-OH is 1. The number of nitriles is 1. The average Bonchev–Trinajstić information content (AvgIpc) is 2.22. The lowest BCUT2D eigenvalue weighted by molar-refractivity contribution is 0.251. The summed E-state index contributed by atoms with van der Waals surface area (Å²) in [5.41, 5.74) is 7.61. The van der Waals surface area contributed by atoms with Crippen LogP contribution in [0.3, 0.4) is 0 Å². The molecule has 1 aromatic carbocycles. The molecule has 4 heteroatoms. The second-order valence-corrected chi connectivity index (χ2v) is 2.98. The van der Waals surface area contributed by atoms with Crippen LogP contribution in [0.4, 0.5) is 5.69 Å². The van der Waals surface area contributed by atoms with Crippen LogP contribution >= 0.6 is 0 Å². The number of nitrogens with one attached hydrogen (secondary N) is 1. The Bertz CT molecular complexity index is 353. The summed E-state index contributed by atoms with van der Waals surface area (Å²) in [5.74, 6) is 0. The molecule has 0 fully saturated rings. The Balaban J connectivity index is 3.05. The zero-order chi connectivity index (χ0) is 10.6. The smallest absolute Gasteiger partial charge is 0.0992 e. The fourth-order valence-electron chi connectivity index (χ4n) is 1.31. The zero-order valence-corrected chi connectivity index (χ0v) is 7.99. The van der Waals surface area contributed by atoms with Gasteiger partial charge in [-0.05, 0) is 24.7 Å². The minimum absolute atomic E-state index is 0.0212. The fourth-order valence-corrected chi connectivity index (χ4v) is 1.31. The summed E-state index contributed by atoms with van der Waals surface area (Å²) in [6.07, 6.45) is 0. The highest BCUT2D eigenvalue weighted by atomic mass is 16.3. The molecule has 4 N–H and O–H groups in total. The molecule has 0 aromatic heterocycles. The van der Waals surface area contributed by atoms with Gasteiger partial charge >= 0.3 is 0 Å². The van der Waals surface area contributed by atoms with Gasteiger partial charge in [-0.25, -0.2) is 0 Å². The van der Waals surface area contributed by atoms with E-state index in [1.807, 2.05) is 6.07 Å². The van der Waals surface area contributed by atoms with E-state index in [4.69, 9.17) is 16.1 Å². The molecular weight excluding hydrogens is 178 g/mol. The highest BCUT2D eigenvalue weighted by Gasteiger charge is 2.10. The van der Waals surface area contributed by atoms with E-state index in [-0.39, 0.29) is 12.6 Å². The molecule has 0 radical (unpaired) electrons. The van der Waals surface area contributed by atoms with E-state index in [0.717, 1.165) is 5.56 Å². The first-order valence-electron chi connectivity index (χ1n) is 4.30. The van der Waals surface area contributed by atoms with Crippen LogP contribution < -0.4 is 11.1 Å². The van der Waals surface area contributed by atoms with Crippen molar-refractivity contribution in [3.05, 3.63) is 29.3 Å². The standard InChI is InChI=1S/C10H13N3O/c1-13-10(6-14)8-3-2-7(5-11)4-9(8)12/h2-4,10,13-14H,6,12H2,1H3/t10-/m0/s1. The van der Waals surface area contributed by atoms with Crippen molar-refractivity contribution in [2.75, 3.05) is 19.4 Å². The van der Waals surface area contributed by atoms with E-state index in [9.17, 15) is 0 Å². The maximum atomic E-state index is 9.05. The number of anilines is 1. The van der Waals surface area contributed by atoms with Crippen LogP contribution in [0.15, 0.2) is 18.2 Å². The van der Waals surface area contributed by atoms with Crippen molar-refractivity contribution in [2.24, 2.45) is 0 Å². The molecule has 0 aliphatic heterocycles. The summed E-state index contributed by atoms with van der Waals surface area (Å²) < 4.78 is 0. The molecule has 14 heavy (non-hydrogen) atoms. The molecule has 0 heterocycles.